The average Bonchev–Trinajstić information content (AvgIpc) is 2.89. The van der Waals surface area contributed by atoms with E-state index in [1.54, 1.807) is 0 Å². The lowest BCUT2D eigenvalue weighted by atomic mass is 10.2. The van der Waals surface area contributed by atoms with Crippen molar-refractivity contribution >= 4 is 5.82 Å². The number of aromatic nitrogens is 2. The van der Waals surface area contributed by atoms with Crippen LogP contribution in [-0.2, 0) is 18.0 Å². The molecule has 0 saturated heterocycles. The predicted molar refractivity (Wildman–Crippen MR) is 61.6 cm³/mol. The van der Waals surface area contributed by atoms with Crippen LogP contribution in [0.1, 0.15) is 11.3 Å². The molecule has 1 aromatic carbocycles. The van der Waals surface area contributed by atoms with E-state index in [0.29, 0.717) is 13.2 Å². The highest BCUT2D eigenvalue weighted by atomic mass is 16.5. The minimum absolute atomic E-state index is 0.615. The number of nitrogens with one attached hydrogen (secondary N) is 1. The number of anilines is 1. The van der Waals surface area contributed by atoms with Crippen LogP contribution in [0.25, 0.3) is 5.69 Å². The second kappa shape index (κ2) is 3.64. The molecule has 4 nitrogen and oxygen atoms in total. The second-order valence-corrected chi connectivity index (χ2v) is 3.76. The average molecular weight is 215 g/mol. The van der Waals surface area contributed by atoms with E-state index in [1.165, 1.54) is 5.56 Å². The van der Waals surface area contributed by atoms with Gasteiger partial charge in [0.1, 0.15) is 5.82 Å². The summed E-state index contributed by atoms with van der Waals surface area (Å²) in [5, 5.41) is 7.76. The van der Waals surface area contributed by atoms with Crippen LogP contribution in [-0.4, -0.2) is 16.8 Å². The van der Waals surface area contributed by atoms with Crippen LogP contribution < -0.4 is 5.32 Å². The van der Waals surface area contributed by atoms with Crippen molar-refractivity contribution in [1.29, 1.82) is 0 Å². The molecular weight excluding hydrogens is 202 g/mol. The van der Waals surface area contributed by atoms with Crippen molar-refractivity contribution in [3.63, 3.8) is 0 Å². The highest BCUT2D eigenvalue weighted by molar-refractivity contribution is 5.53. The minimum Gasteiger partial charge on any atom is -0.373 e. The van der Waals surface area contributed by atoms with Crippen molar-refractivity contribution in [1.82, 2.24) is 9.78 Å². The SMILES string of the molecule is CNc1c2c(nn1-c1ccccc1)COC2. The maximum absolute atomic E-state index is 5.37. The van der Waals surface area contributed by atoms with Gasteiger partial charge in [-0.15, -0.1) is 0 Å². The van der Waals surface area contributed by atoms with Gasteiger partial charge in [0.2, 0.25) is 0 Å². The molecule has 0 atom stereocenters. The molecule has 82 valence electrons. The van der Waals surface area contributed by atoms with E-state index in [4.69, 9.17) is 4.74 Å². The maximum atomic E-state index is 5.37. The lowest BCUT2D eigenvalue weighted by Crippen LogP contribution is -2.04. The quantitative estimate of drug-likeness (QED) is 0.832. The largest absolute Gasteiger partial charge is 0.373 e. The van der Waals surface area contributed by atoms with E-state index in [-0.39, 0.29) is 0 Å². The van der Waals surface area contributed by atoms with Crippen molar-refractivity contribution in [2.75, 3.05) is 12.4 Å². The van der Waals surface area contributed by atoms with E-state index in [2.05, 4.69) is 10.4 Å². The Morgan fingerprint density at radius 1 is 1.25 bits per heavy atom. The molecule has 0 aliphatic carbocycles. The molecule has 0 amide bonds. The first-order valence-corrected chi connectivity index (χ1v) is 5.32. The number of para-hydroxylation sites is 1. The van der Waals surface area contributed by atoms with Crippen molar-refractivity contribution < 1.29 is 4.74 Å². The molecule has 16 heavy (non-hydrogen) atoms. The second-order valence-electron chi connectivity index (χ2n) is 3.76. The van der Waals surface area contributed by atoms with Crippen LogP contribution in [0, 0.1) is 0 Å². The fourth-order valence-electron chi connectivity index (χ4n) is 2.03. The van der Waals surface area contributed by atoms with Gasteiger partial charge in [-0.05, 0) is 12.1 Å². The van der Waals surface area contributed by atoms with Crippen LogP contribution in [0.5, 0.6) is 0 Å². The molecule has 1 aliphatic rings. The van der Waals surface area contributed by atoms with Gasteiger partial charge in [-0.3, -0.25) is 0 Å². The Hall–Kier alpha value is -1.81. The summed E-state index contributed by atoms with van der Waals surface area (Å²) in [6.07, 6.45) is 0. The Balaban J connectivity index is 2.15. The first-order valence-electron chi connectivity index (χ1n) is 5.32. The van der Waals surface area contributed by atoms with Crippen molar-refractivity contribution in [2.24, 2.45) is 0 Å². The predicted octanol–water partition coefficient (Wildman–Crippen LogP) is 1.94. The normalized spacial score (nSPS) is 13.8. The molecule has 2 aromatic rings. The van der Waals surface area contributed by atoms with Gasteiger partial charge in [-0.1, -0.05) is 18.2 Å². The molecule has 0 radical (unpaired) electrons. The first-order chi connectivity index (χ1) is 7.90. The summed E-state index contributed by atoms with van der Waals surface area (Å²) in [5.41, 5.74) is 3.28. The van der Waals surface area contributed by atoms with Crippen molar-refractivity contribution in [3.05, 3.63) is 41.6 Å². The van der Waals surface area contributed by atoms with Crippen LogP contribution in [0.3, 0.4) is 0 Å². The van der Waals surface area contributed by atoms with Gasteiger partial charge >= 0.3 is 0 Å². The standard InChI is InChI=1S/C12H13N3O/c1-13-12-10-7-16-8-11(10)14-15(12)9-5-3-2-4-6-9/h2-6,13H,7-8H2,1H3. The lowest BCUT2D eigenvalue weighted by molar-refractivity contribution is 0.131. The third-order valence-corrected chi connectivity index (χ3v) is 2.79. The number of benzene rings is 1. The smallest absolute Gasteiger partial charge is 0.135 e. The molecule has 0 bridgehead atoms. The highest BCUT2D eigenvalue weighted by Gasteiger charge is 2.22. The first kappa shape index (κ1) is 9.42. The van der Waals surface area contributed by atoms with E-state index in [9.17, 15) is 0 Å². The number of hydrogen-bond acceptors (Lipinski definition) is 3. The molecular formula is C12H13N3O. The monoisotopic (exact) mass is 215 g/mol. The highest BCUT2D eigenvalue weighted by Crippen LogP contribution is 2.28. The van der Waals surface area contributed by atoms with Crippen LogP contribution in [0.2, 0.25) is 0 Å². The molecule has 4 heteroatoms. The number of fused-ring (bicyclic) bond motifs is 1. The van der Waals surface area contributed by atoms with Gasteiger partial charge in [0.25, 0.3) is 0 Å². The summed E-state index contributed by atoms with van der Waals surface area (Å²) < 4.78 is 7.31. The molecule has 1 aromatic heterocycles. The molecule has 0 saturated carbocycles. The number of ether oxygens (including phenoxy) is 1. The third kappa shape index (κ3) is 1.31. The Labute approximate surface area is 93.8 Å². The zero-order valence-electron chi connectivity index (χ0n) is 9.10. The Morgan fingerprint density at radius 3 is 2.81 bits per heavy atom. The van der Waals surface area contributed by atoms with Gasteiger partial charge in [0, 0.05) is 12.6 Å². The molecule has 0 spiro atoms. The summed E-state index contributed by atoms with van der Waals surface area (Å²) >= 11 is 0. The van der Waals surface area contributed by atoms with E-state index in [0.717, 1.165) is 17.2 Å². The Kier molecular flexibility index (Phi) is 2.15. The van der Waals surface area contributed by atoms with Crippen LogP contribution >= 0.6 is 0 Å². The fourth-order valence-corrected chi connectivity index (χ4v) is 2.03. The Morgan fingerprint density at radius 2 is 2.06 bits per heavy atom. The number of rotatable bonds is 2. The molecule has 1 N–H and O–H groups in total. The van der Waals surface area contributed by atoms with Crippen molar-refractivity contribution in [2.45, 2.75) is 13.2 Å². The summed E-state index contributed by atoms with van der Waals surface area (Å²) in [7, 11) is 1.91. The van der Waals surface area contributed by atoms with E-state index >= 15 is 0 Å². The minimum atomic E-state index is 0.615. The Bertz CT molecular complexity index is 504. The third-order valence-electron chi connectivity index (χ3n) is 2.79. The van der Waals surface area contributed by atoms with Gasteiger partial charge in [0.15, 0.2) is 0 Å². The van der Waals surface area contributed by atoms with E-state index in [1.807, 2.05) is 42.1 Å². The van der Waals surface area contributed by atoms with Gasteiger partial charge in [0.05, 0.1) is 24.6 Å². The van der Waals surface area contributed by atoms with Gasteiger partial charge < -0.3 is 10.1 Å². The number of hydrogen-bond donors (Lipinski definition) is 1. The molecule has 0 unspecified atom stereocenters. The van der Waals surface area contributed by atoms with Crippen LogP contribution in [0.4, 0.5) is 5.82 Å². The summed E-state index contributed by atoms with van der Waals surface area (Å²) in [6, 6.07) is 10.1. The molecule has 0 fully saturated rings. The summed E-state index contributed by atoms with van der Waals surface area (Å²) in [6.45, 7) is 1.27. The topological polar surface area (TPSA) is 39.1 Å². The number of nitrogens with zero attached hydrogens (tertiary/aromatic N) is 2. The zero-order chi connectivity index (χ0) is 11.0. The molecule has 1 aliphatic heterocycles. The summed E-state index contributed by atoms with van der Waals surface area (Å²) in [5.74, 6) is 1.03. The molecule has 3 rings (SSSR count). The maximum Gasteiger partial charge on any atom is 0.135 e. The summed E-state index contributed by atoms with van der Waals surface area (Å²) in [4.78, 5) is 0. The zero-order valence-corrected chi connectivity index (χ0v) is 9.10. The van der Waals surface area contributed by atoms with Crippen molar-refractivity contribution in [3.8, 4) is 5.69 Å². The fraction of sp³-hybridized carbons (Fsp3) is 0.250. The van der Waals surface area contributed by atoms with E-state index < -0.39 is 0 Å². The van der Waals surface area contributed by atoms with Crippen LogP contribution in [0.15, 0.2) is 30.3 Å². The van der Waals surface area contributed by atoms with Gasteiger partial charge in [-0.2, -0.15) is 5.10 Å². The molecule has 2 heterocycles. The van der Waals surface area contributed by atoms with Gasteiger partial charge in [-0.25, -0.2) is 4.68 Å². The lowest BCUT2D eigenvalue weighted by Gasteiger charge is -2.08.